The molecule has 23 heavy (non-hydrogen) atoms. The Balaban J connectivity index is 1.77. The molecule has 3 aromatic rings. The lowest BCUT2D eigenvalue weighted by Crippen LogP contribution is -2.39. The Morgan fingerprint density at radius 1 is 1.26 bits per heavy atom. The third-order valence-electron chi connectivity index (χ3n) is 4.18. The Morgan fingerprint density at radius 3 is 2.70 bits per heavy atom. The quantitative estimate of drug-likeness (QED) is 0.757. The molecule has 0 saturated carbocycles. The normalized spacial score (nSPS) is 12.3. The predicted molar refractivity (Wildman–Crippen MR) is 97.9 cm³/mol. The fraction of sp³-hybridized carbons (Fsp3) is 0.278. The van der Waals surface area contributed by atoms with Crippen molar-refractivity contribution in [3.05, 3.63) is 59.6 Å². The first-order valence-corrected chi connectivity index (χ1v) is 8.60. The van der Waals surface area contributed by atoms with Gasteiger partial charge in [-0.2, -0.15) is 5.10 Å². The van der Waals surface area contributed by atoms with E-state index in [-0.39, 0.29) is 6.04 Å². The zero-order chi connectivity index (χ0) is 16.2. The molecule has 0 bridgehead atoms. The van der Waals surface area contributed by atoms with E-state index in [1.165, 1.54) is 16.1 Å². The standard InChI is InChI=1S/C18H22N4S/c1-21(16(12-19)10-14-6-4-3-5-7-14)18-11-15(13-23-18)17-8-9-20-22(17)2/h3-9,11,13,16H,10,12,19H2,1-2H3. The van der Waals surface area contributed by atoms with Gasteiger partial charge in [0.1, 0.15) is 0 Å². The van der Waals surface area contributed by atoms with Crippen LogP contribution in [0.5, 0.6) is 0 Å². The molecular formula is C18H22N4S. The first-order valence-electron chi connectivity index (χ1n) is 7.72. The van der Waals surface area contributed by atoms with E-state index in [4.69, 9.17) is 5.73 Å². The van der Waals surface area contributed by atoms with Crippen LogP contribution in [0, 0.1) is 0 Å². The largest absolute Gasteiger partial charge is 0.362 e. The summed E-state index contributed by atoms with van der Waals surface area (Å²) in [6.07, 6.45) is 2.78. The van der Waals surface area contributed by atoms with E-state index in [1.807, 2.05) is 30.1 Å². The number of aryl methyl sites for hydroxylation is 1. The molecule has 0 spiro atoms. The van der Waals surface area contributed by atoms with Crippen LogP contribution in [-0.2, 0) is 13.5 Å². The third-order valence-corrected chi connectivity index (χ3v) is 5.20. The van der Waals surface area contributed by atoms with E-state index in [2.05, 4.69) is 52.8 Å². The van der Waals surface area contributed by atoms with E-state index in [1.54, 1.807) is 11.3 Å². The van der Waals surface area contributed by atoms with Crippen LogP contribution in [0.2, 0.25) is 0 Å². The van der Waals surface area contributed by atoms with Gasteiger partial charge in [-0.1, -0.05) is 30.3 Å². The first-order chi connectivity index (χ1) is 11.2. The molecule has 0 aliphatic rings. The second-order valence-corrected chi connectivity index (χ2v) is 6.59. The summed E-state index contributed by atoms with van der Waals surface area (Å²) in [6.45, 7) is 0.629. The van der Waals surface area contributed by atoms with Crippen LogP contribution in [0.3, 0.4) is 0 Å². The van der Waals surface area contributed by atoms with Gasteiger partial charge in [0, 0.05) is 43.8 Å². The Bertz CT molecular complexity index is 747. The summed E-state index contributed by atoms with van der Waals surface area (Å²) in [5.41, 5.74) is 9.68. The highest BCUT2D eigenvalue weighted by molar-refractivity contribution is 7.14. The van der Waals surface area contributed by atoms with Crippen molar-refractivity contribution < 1.29 is 0 Å². The highest BCUT2D eigenvalue weighted by atomic mass is 32.1. The minimum absolute atomic E-state index is 0.287. The molecule has 0 amide bonds. The fourth-order valence-electron chi connectivity index (χ4n) is 2.75. The average molecular weight is 326 g/mol. The van der Waals surface area contributed by atoms with Gasteiger partial charge in [-0.3, -0.25) is 4.68 Å². The first kappa shape index (κ1) is 15.8. The lowest BCUT2D eigenvalue weighted by Gasteiger charge is -2.27. The van der Waals surface area contributed by atoms with Crippen LogP contribution >= 0.6 is 11.3 Å². The van der Waals surface area contributed by atoms with Gasteiger partial charge in [-0.15, -0.1) is 11.3 Å². The van der Waals surface area contributed by atoms with Crippen molar-refractivity contribution in [1.82, 2.24) is 9.78 Å². The van der Waals surface area contributed by atoms with Crippen LogP contribution in [0.1, 0.15) is 5.56 Å². The zero-order valence-electron chi connectivity index (χ0n) is 13.5. The number of rotatable bonds is 6. The summed E-state index contributed by atoms with van der Waals surface area (Å²) in [6, 6.07) is 15.1. The summed E-state index contributed by atoms with van der Waals surface area (Å²) in [5, 5.41) is 7.65. The molecule has 2 aromatic heterocycles. The van der Waals surface area contributed by atoms with E-state index >= 15 is 0 Å². The molecule has 5 heteroatoms. The lowest BCUT2D eigenvalue weighted by molar-refractivity contribution is 0.638. The molecule has 4 nitrogen and oxygen atoms in total. The lowest BCUT2D eigenvalue weighted by atomic mass is 10.1. The molecule has 2 heterocycles. The molecule has 120 valence electrons. The topological polar surface area (TPSA) is 47.1 Å². The maximum Gasteiger partial charge on any atom is 0.0915 e. The molecule has 0 aliphatic carbocycles. The van der Waals surface area contributed by atoms with E-state index in [9.17, 15) is 0 Å². The van der Waals surface area contributed by atoms with Crippen molar-refractivity contribution in [1.29, 1.82) is 0 Å². The third kappa shape index (κ3) is 3.46. The molecule has 2 N–H and O–H groups in total. The Morgan fingerprint density at radius 2 is 2.04 bits per heavy atom. The second kappa shape index (κ2) is 6.98. The minimum Gasteiger partial charge on any atom is -0.362 e. The van der Waals surface area contributed by atoms with Crippen molar-refractivity contribution in [2.75, 3.05) is 18.5 Å². The van der Waals surface area contributed by atoms with Gasteiger partial charge in [0.25, 0.3) is 0 Å². The van der Waals surface area contributed by atoms with E-state index < -0.39 is 0 Å². The zero-order valence-corrected chi connectivity index (χ0v) is 14.3. The minimum atomic E-state index is 0.287. The molecule has 1 unspecified atom stereocenters. The molecule has 1 atom stereocenters. The van der Waals surface area contributed by atoms with Crippen LogP contribution in [-0.4, -0.2) is 29.4 Å². The van der Waals surface area contributed by atoms with E-state index in [0.717, 1.165) is 12.1 Å². The van der Waals surface area contributed by atoms with Crippen molar-refractivity contribution >= 4 is 16.3 Å². The number of benzene rings is 1. The molecule has 3 rings (SSSR count). The SMILES string of the molecule is CN(c1cc(-c2ccnn2C)cs1)C(CN)Cc1ccccc1. The highest BCUT2D eigenvalue weighted by Crippen LogP contribution is 2.31. The maximum atomic E-state index is 6.03. The summed E-state index contributed by atoms with van der Waals surface area (Å²) in [5.74, 6) is 0. The summed E-state index contributed by atoms with van der Waals surface area (Å²) >= 11 is 1.75. The van der Waals surface area contributed by atoms with Gasteiger partial charge in [-0.25, -0.2) is 0 Å². The van der Waals surface area contributed by atoms with Crippen molar-refractivity contribution in [2.24, 2.45) is 12.8 Å². The predicted octanol–water partition coefficient (Wildman–Crippen LogP) is 3.15. The molecule has 0 saturated heterocycles. The van der Waals surface area contributed by atoms with Gasteiger partial charge in [0.2, 0.25) is 0 Å². The number of hydrogen-bond donors (Lipinski definition) is 1. The summed E-state index contributed by atoms with van der Waals surface area (Å²) < 4.78 is 1.90. The fourth-order valence-corrected chi connectivity index (χ4v) is 3.69. The van der Waals surface area contributed by atoms with Crippen LogP contribution < -0.4 is 10.6 Å². The van der Waals surface area contributed by atoms with Crippen molar-refractivity contribution in [3.63, 3.8) is 0 Å². The Kier molecular flexibility index (Phi) is 4.79. The van der Waals surface area contributed by atoms with Crippen LogP contribution in [0.4, 0.5) is 5.00 Å². The smallest absolute Gasteiger partial charge is 0.0915 e. The molecular weight excluding hydrogens is 304 g/mol. The van der Waals surface area contributed by atoms with Crippen molar-refractivity contribution in [3.8, 4) is 11.3 Å². The monoisotopic (exact) mass is 326 g/mol. The summed E-state index contributed by atoms with van der Waals surface area (Å²) in [4.78, 5) is 2.29. The molecule has 0 aliphatic heterocycles. The number of aromatic nitrogens is 2. The maximum absolute atomic E-state index is 6.03. The van der Waals surface area contributed by atoms with Crippen LogP contribution in [0.25, 0.3) is 11.3 Å². The molecule has 0 radical (unpaired) electrons. The van der Waals surface area contributed by atoms with Crippen LogP contribution in [0.15, 0.2) is 54.0 Å². The number of likely N-dealkylation sites (N-methyl/N-ethyl adjacent to an activating group) is 1. The van der Waals surface area contributed by atoms with Gasteiger partial charge in [0.05, 0.1) is 10.7 Å². The Labute approximate surface area is 141 Å². The number of nitrogens with zero attached hydrogens (tertiary/aromatic N) is 3. The average Bonchev–Trinajstić information content (AvgIpc) is 3.21. The number of hydrogen-bond acceptors (Lipinski definition) is 4. The number of anilines is 1. The van der Waals surface area contributed by atoms with E-state index in [0.29, 0.717) is 6.54 Å². The molecule has 0 fully saturated rings. The Hall–Kier alpha value is -2.11. The van der Waals surface area contributed by atoms with Gasteiger partial charge in [-0.05, 0) is 24.1 Å². The number of nitrogens with two attached hydrogens (primary N) is 1. The van der Waals surface area contributed by atoms with Crippen molar-refractivity contribution in [2.45, 2.75) is 12.5 Å². The van der Waals surface area contributed by atoms with Gasteiger partial charge in [0.15, 0.2) is 0 Å². The number of thiophene rings is 1. The van der Waals surface area contributed by atoms with Gasteiger partial charge >= 0.3 is 0 Å². The molecule has 1 aromatic carbocycles. The van der Waals surface area contributed by atoms with Gasteiger partial charge < -0.3 is 10.6 Å². The second-order valence-electron chi connectivity index (χ2n) is 5.70. The summed E-state index contributed by atoms with van der Waals surface area (Å²) in [7, 11) is 4.09. The highest BCUT2D eigenvalue weighted by Gasteiger charge is 2.17.